The Balaban J connectivity index is 2.32. The van der Waals surface area contributed by atoms with E-state index in [2.05, 4.69) is 20.8 Å². The highest BCUT2D eigenvalue weighted by Gasteiger charge is 2.41. The molecule has 1 aliphatic rings. The molecule has 0 radical (unpaired) electrons. The number of ether oxygens (including phenoxy) is 1. The van der Waals surface area contributed by atoms with Gasteiger partial charge in [-0.25, -0.2) is 9.59 Å². The third-order valence-electron chi connectivity index (χ3n) is 5.56. The van der Waals surface area contributed by atoms with Gasteiger partial charge in [0.1, 0.15) is 12.2 Å². The molecule has 0 amide bonds. The molecular formula is C22H30O5. The number of esters is 1. The molecule has 1 aromatic carbocycles. The van der Waals surface area contributed by atoms with E-state index in [1.54, 1.807) is 0 Å². The molecule has 0 aliphatic heterocycles. The van der Waals surface area contributed by atoms with Crippen LogP contribution in [0, 0.1) is 23.7 Å². The maximum Gasteiger partial charge on any atom is 0.331 e. The van der Waals surface area contributed by atoms with Gasteiger partial charge in [-0.2, -0.15) is 0 Å². The molecule has 5 atom stereocenters. The summed E-state index contributed by atoms with van der Waals surface area (Å²) >= 11 is 0. The fourth-order valence-corrected chi connectivity index (χ4v) is 4.19. The number of benzene rings is 1. The lowest BCUT2D eigenvalue weighted by molar-refractivity contribution is -0.159. The molecular weight excluding hydrogens is 344 g/mol. The van der Waals surface area contributed by atoms with E-state index in [1.807, 2.05) is 30.3 Å². The Morgan fingerprint density at radius 1 is 1.11 bits per heavy atom. The van der Waals surface area contributed by atoms with Crippen molar-refractivity contribution in [1.29, 1.82) is 0 Å². The van der Waals surface area contributed by atoms with Crippen LogP contribution in [0.15, 0.2) is 42.5 Å². The van der Waals surface area contributed by atoms with Gasteiger partial charge in [-0.05, 0) is 36.2 Å². The summed E-state index contributed by atoms with van der Waals surface area (Å²) in [5.74, 6) is -0.700. The third-order valence-corrected chi connectivity index (χ3v) is 5.56. The Bertz CT molecular complexity index is 652. The zero-order chi connectivity index (χ0) is 20.0. The topological polar surface area (TPSA) is 83.8 Å². The second-order valence-corrected chi connectivity index (χ2v) is 7.92. The van der Waals surface area contributed by atoms with Gasteiger partial charge in [0.25, 0.3) is 0 Å². The Labute approximate surface area is 161 Å². The Morgan fingerprint density at radius 2 is 1.78 bits per heavy atom. The number of hydrogen-bond acceptors (Lipinski definition) is 4. The average Bonchev–Trinajstić information content (AvgIpc) is 2.64. The van der Waals surface area contributed by atoms with E-state index in [-0.39, 0.29) is 5.92 Å². The Kier molecular flexibility index (Phi) is 7.60. The van der Waals surface area contributed by atoms with Crippen LogP contribution in [0.4, 0.5) is 0 Å². The molecule has 5 unspecified atom stereocenters. The predicted molar refractivity (Wildman–Crippen MR) is 103 cm³/mol. The molecule has 0 saturated heterocycles. The van der Waals surface area contributed by atoms with E-state index in [9.17, 15) is 14.7 Å². The van der Waals surface area contributed by atoms with Crippen LogP contribution in [0.1, 0.15) is 51.7 Å². The van der Waals surface area contributed by atoms with Crippen LogP contribution >= 0.6 is 0 Å². The summed E-state index contributed by atoms with van der Waals surface area (Å²) in [7, 11) is 0. The van der Waals surface area contributed by atoms with Crippen molar-refractivity contribution in [3.05, 3.63) is 48.0 Å². The SMILES string of the molecule is CC1CCC(C(C)C)C(C(OC(=O)C=CC(=O)O)C(O)c2ccccc2)C1. The summed E-state index contributed by atoms with van der Waals surface area (Å²) in [6, 6.07) is 9.17. The van der Waals surface area contributed by atoms with Crippen molar-refractivity contribution in [2.45, 2.75) is 52.2 Å². The molecule has 0 heterocycles. The number of carbonyl (C=O) groups excluding carboxylic acids is 1. The van der Waals surface area contributed by atoms with Crippen LogP contribution in [-0.4, -0.2) is 28.3 Å². The average molecular weight is 374 g/mol. The molecule has 1 aromatic rings. The predicted octanol–water partition coefficient (Wildman–Crippen LogP) is 3.98. The largest absolute Gasteiger partial charge is 0.478 e. The molecule has 2 rings (SSSR count). The van der Waals surface area contributed by atoms with Crippen molar-refractivity contribution >= 4 is 11.9 Å². The molecule has 5 nitrogen and oxygen atoms in total. The lowest BCUT2D eigenvalue weighted by Gasteiger charge is -2.42. The minimum Gasteiger partial charge on any atom is -0.478 e. The van der Waals surface area contributed by atoms with Crippen LogP contribution in [0.2, 0.25) is 0 Å². The number of carboxylic acids is 1. The first-order chi connectivity index (χ1) is 12.8. The van der Waals surface area contributed by atoms with Gasteiger partial charge in [-0.15, -0.1) is 0 Å². The zero-order valence-corrected chi connectivity index (χ0v) is 16.2. The highest BCUT2D eigenvalue weighted by atomic mass is 16.6. The first-order valence-corrected chi connectivity index (χ1v) is 9.64. The van der Waals surface area contributed by atoms with Gasteiger partial charge in [-0.1, -0.05) is 57.5 Å². The molecule has 2 N–H and O–H groups in total. The minimum atomic E-state index is -1.21. The normalized spacial score (nSPS) is 25.3. The molecule has 1 aliphatic carbocycles. The molecule has 148 valence electrons. The summed E-state index contributed by atoms with van der Waals surface area (Å²) in [6.45, 7) is 6.50. The van der Waals surface area contributed by atoms with Crippen molar-refractivity contribution < 1.29 is 24.5 Å². The van der Waals surface area contributed by atoms with Crippen molar-refractivity contribution in [2.75, 3.05) is 0 Å². The standard InChI is InChI=1S/C22H30O5/c1-14(2)17-10-9-15(3)13-18(17)22(27-20(25)12-11-19(23)24)21(26)16-7-5-4-6-8-16/h4-8,11-12,14-15,17-18,21-22,26H,9-10,13H2,1-3H3,(H,23,24). The minimum absolute atomic E-state index is 0.0196. The van der Waals surface area contributed by atoms with Gasteiger partial charge in [0.05, 0.1) is 0 Å². The summed E-state index contributed by atoms with van der Waals surface area (Å²) in [5, 5.41) is 19.8. The maximum atomic E-state index is 12.2. The van der Waals surface area contributed by atoms with Crippen molar-refractivity contribution in [3.63, 3.8) is 0 Å². The lowest BCUT2D eigenvalue weighted by atomic mass is 9.67. The van der Waals surface area contributed by atoms with Crippen LogP contribution in [0.3, 0.4) is 0 Å². The van der Waals surface area contributed by atoms with Crippen molar-refractivity contribution in [3.8, 4) is 0 Å². The monoisotopic (exact) mass is 374 g/mol. The number of aliphatic hydroxyl groups is 1. The lowest BCUT2D eigenvalue weighted by Crippen LogP contribution is -2.41. The first-order valence-electron chi connectivity index (χ1n) is 9.64. The molecule has 0 spiro atoms. The van der Waals surface area contributed by atoms with E-state index < -0.39 is 24.1 Å². The quantitative estimate of drug-likeness (QED) is 0.557. The van der Waals surface area contributed by atoms with E-state index in [0.717, 1.165) is 31.4 Å². The number of aliphatic carboxylic acids is 1. The Hall–Kier alpha value is -2.14. The summed E-state index contributed by atoms with van der Waals surface area (Å²) in [5.41, 5.74) is 0.693. The second kappa shape index (κ2) is 9.70. The number of hydrogen-bond donors (Lipinski definition) is 2. The number of carboxylic acid groups (broad SMARTS) is 1. The molecule has 5 heteroatoms. The van der Waals surface area contributed by atoms with Gasteiger partial charge in [0.2, 0.25) is 0 Å². The van der Waals surface area contributed by atoms with Crippen molar-refractivity contribution in [2.24, 2.45) is 23.7 Å². The molecule has 27 heavy (non-hydrogen) atoms. The molecule has 1 fully saturated rings. The number of aliphatic hydroxyl groups excluding tert-OH is 1. The molecule has 0 aromatic heterocycles. The first kappa shape index (κ1) is 21.2. The Morgan fingerprint density at radius 3 is 2.37 bits per heavy atom. The van der Waals surface area contributed by atoms with Crippen molar-refractivity contribution in [1.82, 2.24) is 0 Å². The summed E-state index contributed by atoms with van der Waals surface area (Å²) in [4.78, 5) is 22.9. The zero-order valence-electron chi connectivity index (χ0n) is 16.2. The summed E-state index contributed by atoms with van der Waals surface area (Å²) < 4.78 is 5.65. The number of carbonyl (C=O) groups is 2. The maximum absolute atomic E-state index is 12.2. The van der Waals surface area contributed by atoms with Gasteiger partial charge >= 0.3 is 11.9 Å². The van der Waals surface area contributed by atoms with Crippen LogP contribution in [-0.2, 0) is 14.3 Å². The van der Waals surface area contributed by atoms with E-state index in [4.69, 9.17) is 9.84 Å². The van der Waals surface area contributed by atoms with Gasteiger partial charge in [-0.3, -0.25) is 0 Å². The van der Waals surface area contributed by atoms with Crippen LogP contribution in [0.25, 0.3) is 0 Å². The third kappa shape index (κ3) is 5.93. The highest BCUT2D eigenvalue weighted by Crippen LogP contribution is 2.43. The smallest absolute Gasteiger partial charge is 0.331 e. The highest BCUT2D eigenvalue weighted by molar-refractivity contribution is 5.90. The van der Waals surface area contributed by atoms with E-state index in [1.165, 1.54) is 0 Å². The van der Waals surface area contributed by atoms with E-state index >= 15 is 0 Å². The number of rotatable bonds is 7. The van der Waals surface area contributed by atoms with E-state index in [0.29, 0.717) is 23.3 Å². The molecule has 0 bridgehead atoms. The second-order valence-electron chi connectivity index (χ2n) is 7.92. The van der Waals surface area contributed by atoms with Gasteiger partial charge in [0, 0.05) is 18.1 Å². The fourth-order valence-electron chi connectivity index (χ4n) is 4.19. The molecule has 1 saturated carbocycles. The van der Waals surface area contributed by atoms with Gasteiger partial charge in [0.15, 0.2) is 0 Å². The summed E-state index contributed by atoms with van der Waals surface area (Å²) in [6.07, 6.45) is 3.03. The fraction of sp³-hybridized carbons (Fsp3) is 0.545. The van der Waals surface area contributed by atoms with Crippen LogP contribution in [0.5, 0.6) is 0 Å². The van der Waals surface area contributed by atoms with Crippen LogP contribution < -0.4 is 0 Å². The van der Waals surface area contributed by atoms with Gasteiger partial charge < -0.3 is 14.9 Å².